The number of nitrogens with zero attached hydrogens (tertiary/aromatic N) is 1. The molecule has 0 heterocycles. The number of rotatable bonds is 3. The van der Waals surface area contributed by atoms with E-state index in [0.29, 0.717) is 11.3 Å². The first kappa shape index (κ1) is 14.0. The first-order chi connectivity index (χ1) is 9.54. The molecule has 0 aliphatic rings. The molecule has 5 heteroatoms. The molecule has 0 aliphatic heterocycles. The topological polar surface area (TPSA) is 32.3 Å². The molecule has 0 saturated carbocycles. The zero-order chi connectivity index (χ0) is 14.5. The Morgan fingerprint density at radius 2 is 1.80 bits per heavy atom. The van der Waals surface area contributed by atoms with Crippen molar-refractivity contribution in [2.45, 2.75) is 6.54 Å². The van der Waals surface area contributed by atoms with E-state index in [4.69, 9.17) is 0 Å². The highest BCUT2D eigenvalue weighted by atomic mass is 19.1. The summed E-state index contributed by atoms with van der Waals surface area (Å²) in [4.78, 5) is 13.3. The number of hydrogen-bond donors (Lipinski definition) is 1. The molecule has 2 rings (SSSR count). The fourth-order valence-electron chi connectivity index (χ4n) is 1.73. The second-order valence-electron chi connectivity index (χ2n) is 4.42. The van der Waals surface area contributed by atoms with Gasteiger partial charge in [0, 0.05) is 19.3 Å². The molecule has 2 aromatic rings. The van der Waals surface area contributed by atoms with Crippen molar-refractivity contribution < 1.29 is 13.6 Å². The van der Waals surface area contributed by atoms with Crippen LogP contribution in [0.25, 0.3) is 0 Å². The standard InChI is InChI=1S/C15H14F2N2O/c1-19(10-11-3-2-4-13(17)9-11)15(20)18-14-7-5-12(16)6-8-14/h2-9H,10H2,1H3,(H,18,20). The summed E-state index contributed by atoms with van der Waals surface area (Å²) in [6, 6.07) is 11.2. The van der Waals surface area contributed by atoms with Crippen LogP contribution in [0.2, 0.25) is 0 Å². The third kappa shape index (κ3) is 3.78. The summed E-state index contributed by atoms with van der Waals surface area (Å²) in [5.41, 5.74) is 1.20. The summed E-state index contributed by atoms with van der Waals surface area (Å²) in [5, 5.41) is 2.63. The van der Waals surface area contributed by atoms with E-state index >= 15 is 0 Å². The highest BCUT2D eigenvalue weighted by Gasteiger charge is 2.09. The zero-order valence-corrected chi connectivity index (χ0v) is 10.9. The Labute approximate surface area is 115 Å². The van der Waals surface area contributed by atoms with Gasteiger partial charge in [0.1, 0.15) is 11.6 Å². The third-order valence-corrected chi connectivity index (χ3v) is 2.75. The van der Waals surface area contributed by atoms with Crippen molar-refractivity contribution in [3.63, 3.8) is 0 Å². The molecule has 0 fully saturated rings. The molecular formula is C15H14F2N2O. The van der Waals surface area contributed by atoms with Gasteiger partial charge in [0.05, 0.1) is 0 Å². The highest BCUT2D eigenvalue weighted by molar-refractivity contribution is 5.89. The molecule has 0 saturated heterocycles. The molecule has 0 atom stereocenters. The van der Waals surface area contributed by atoms with Crippen LogP contribution in [0, 0.1) is 11.6 Å². The molecule has 1 N–H and O–H groups in total. The van der Waals surface area contributed by atoms with Crippen LogP contribution < -0.4 is 5.32 Å². The van der Waals surface area contributed by atoms with E-state index in [0.717, 1.165) is 0 Å². The Morgan fingerprint density at radius 1 is 1.10 bits per heavy atom. The van der Waals surface area contributed by atoms with E-state index in [9.17, 15) is 13.6 Å². The maximum atomic E-state index is 13.0. The average molecular weight is 276 g/mol. The van der Waals surface area contributed by atoms with Gasteiger partial charge in [-0.3, -0.25) is 0 Å². The Balaban J connectivity index is 1.96. The SMILES string of the molecule is CN(Cc1cccc(F)c1)C(=O)Nc1ccc(F)cc1. The fraction of sp³-hybridized carbons (Fsp3) is 0.133. The summed E-state index contributed by atoms with van der Waals surface area (Å²) in [5.74, 6) is -0.703. The van der Waals surface area contributed by atoms with Gasteiger partial charge in [0.15, 0.2) is 0 Å². The fourth-order valence-corrected chi connectivity index (χ4v) is 1.73. The average Bonchev–Trinajstić information content (AvgIpc) is 2.41. The molecule has 20 heavy (non-hydrogen) atoms. The van der Waals surface area contributed by atoms with Crippen molar-refractivity contribution in [3.8, 4) is 0 Å². The predicted molar refractivity (Wildman–Crippen MR) is 73.3 cm³/mol. The lowest BCUT2D eigenvalue weighted by Crippen LogP contribution is -2.30. The second-order valence-corrected chi connectivity index (χ2v) is 4.42. The third-order valence-electron chi connectivity index (χ3n) is 2.75. The molecule has 3 nitrogen and oxygen atoms in total. The minimum absolute atomic E-state index is 0.283. The van der Waals surface area contributed by atoms with E-state index in [-0.39, 0.29) is 24.2 Å². The molecular weight excluding hydrogens is 262 g/mol. The molecule has 2 amide bonds. The summed E-state index contributed by atoms with van der Waals surface area (Å²) in [6.45, 7) is 0.283. The number of benzene rings is 2. The van der Waals surface area contributed by atoms with Crippen molar-refractivity contribution in [1.29, 1.82) is 0 Å². The molecule has 0 aromatic heterocycles. The van der Waals surface area contributed by atoms with Crippen molar-refractivity contribution in [2.24, 2.45) is 0 Å². The van der Waals surface area contributed by atoms with Crippen LogP contribution in [-0.4, -0.2) is 18.0 Å². The summed E-state index contributed by atoms with van der Waals surface area (Å²) in [6.07, 6.45) is 0. The minimum Gasteiger partial charge on any atom is -0.323 e. The van der Waals surface area contributed by atoms with Crippen LogP contribution in [0.3, 0.4) is 0 Å². The minimum atomic E-state index is -0.365. The lowest BCUT2D eigenvalue weighted by atomic mass is 10.2. The van der Waals surface area contributed by atoms with Gasteiger partial charge in [-0.15, -0.1) is 0 Å². The van der Waals surface area contributed by atoms with Crippen molar-refractivity contribution in [2.75, 3.05) is 12.4 Å². The quantitative estimate of drug-likeness (QED) is 0.912. The molecule has 0 aliphatic carbocycles. The van der Waals surface area contributed by atoms with Gasteiger partial charge in [-0.25, -0.2) is 13.6 Å². The van der Waals surface area contributed by atoms with Crippen LogP contribution in [-0.2, 0) is 6.54 Å². The van der Waals surface area contributed by atoms with E-state index in [1.54, 1.807) is 19.2 Å². The number of amides is 2. The Bertz CT molecular complexity index is 599. The number of nitrogens with one attached hydrogen (secondary N) is 1. The van der Waals surface area contributed by atoms with Gasteiger partial charge in [0.2, 0.25) is 0 Å². The van der Waals surface area contributed by atoms with Gasteiger partial charge < -0.3 is 10.2 Å². The zero-order valence-electron chi connectivity index (χ0n) is 10.9. The summed E-state index contributed by atoms with van der Waals surface area (Å²) >= 11 is 0. The summed E-state index contributed by atoms with van der Waals surface area (Å²) in [7, 11) is 1.60. The van der Waals surface area contributed by atoms with Crippen LogP contribution in [0.15, 0.2) is 48.5 Å². The second kappa shape index (κ2) is 6.14. The van der Waals surface area contributed by atoms with Crippen molar-refractivity contribution in [1.82, 2.24) is 4.90 Å². The van der Waals surface area contributed by atoms with Crippen molar-refractivity contribution >= 4 is 11.7 Å². The van der Waals surface area contributed by atoms with Crippen LogP contribution in [0.5, 0.6) is 0 Å². The molecule has 0 bridgehead atoms. The van der Waals surface area contributed by atoms with Gasteiger partial charge in [-0.1, -0.05) is 12.1 Å². The smallest absolute Gasteiger partial charge is 0.321 e. The summed E-state index contributed by atoms with van der Waals surface area (Å²) < 4.78 is 25.8. The maximum absolute atomic E-state index is 13.0. The predicted octanol–water partition coefficient (Wildman–Crippen LogP) is 3.63. The monoisotopic (exact) mass is 276 g/mol. The van der Waals surface area contributed by atoms with Gasteiger partial charge in [0.25, 0.3) is 0 Å². The number of halogens is 2. The van der Waals surface area contributed by atoms with E-state index < -0.39 is 0 Å². The largest absolute Gasteiger partial charge is 0.323 e. The van der Waals surface area contributed by atoms with E-state index in [2.05, 4.69) is 5.32 Å². The molecule has 104 valence electrons. The lowest BCUT2D eigenvalue weighted by molar-refractivity contribution is 0.220. The van der Waals surface area contributed by atoms with Gasteiger partial charge in [-0.2, -0.15) is 0 Å². The number of carbonyl (C=O) groups excluding carboxylic acids is 1. The number of hydrogen-bond acceptors (Lipinski definition) is 1. The first-order valence-electron chi connectivity index (χ1n) is 6.07. The van der Waals surface area contributed by atoms with E-state index in [1.807, 2.05) is 0 Å². The number of anilines is 1. The van der Waals surface area contributed by atoms with Crippen LogP contribution in [0.4, 0.5) is 19.3 Å². The van der Waals surface area contributed by atoms with Crippen LogP contribution >= 0.6 is 0 Å². The number of urea groups is 1. The Morgan fingerprint density at radius 3 is 2.45 bits per heavy atom. The maximum Gasteiger partial charge on any atom is 0.321 e. The Kier molecular flexibility index (Phi) is 4.30. The molecule has 2 aromatic carbocycles. The van der Waals surface area contributed by atoms with Crippen molar-refractivity contribution in [3.05, 3.63) is 65.7 Å². The lowest BCUT2D eigenvalue weighted by Gasteiger charge is -2.18. The molecule has 0 spiro atoms. The first-order valence-corrected chi connectivity index (χ1v) is 6.07. The van der Waals surface area contributed by atoms with E-state index in [1.165, 1.54) is 41.3 Å². The number of carbonyl (C=O) groups is 1. The normalized spacial score (nSPS) is 10.2. The Hall–Kier alpha value is -2.43. The van der Waals surface area contributed by atoms with Crippen LogP contribution in [0.1, 0.15) is 5.56 Å². The van der Waals surface area contributed by atoms with Gasteiger partial charge in [-0.05, 0) is 42.0 Å². The molecule has 0 radical (unpaired) electrons. The highest BCUT2D eigenvalue weighted by Crippen LogP contribution is 2.11. The molecule has 0 unspecified atom stereocenters. The van der Waals surface area contributed by atoms with Gasteiger partial charge >= 0.3 is 6.03 Å².